The summed E-state index contributed by atoms with van der Waals surface area (Å²) in [5.74, 6) is -0.0433. The molecule has 188 valence electrons. The SMILES string of the molecule is Cc1noc(-c2ccc(-c3ccc(C4(C(=O)O)CC4)cc3)cc2)c1CCC(=O)NCCc1ccccc1. The lowest BCUT2D eigenvalue weighted by Gasteiger charge is -2.11. The molecule has 1 aliphatic carbocycles. The molecule has 6 heteroatoms. The van der Waals surface area contributed by atoms with Crippen LogP contribution in [-0.2, 0) is 27.8 Å². The number of hydrogen-bond donors (Lipinski definition) is 2. The molecule has 1 aliphatic rings. The van der Waals surface area contributed by atoms with E-state index in [9.17, 15) is 14.7 Å². The maximum atomic E-state index is 12.4. The summed E-state index contributed by atoms with van der Waals surface area (Å²) in [7, 11) is 0. The second kappa shape index (κ2) is 10.4. The number of hydrogen-bond acceptors (Lipinski definition) is 4. The number of nitrogens with zero attached hydrogens (tertiary/aromatic N) is 1. The Morgan fingerprint density at radius 1 is 0.892 bits per heavy atom. The fraction of sp³-hybridized carbons (Fsp3) is 0.258. The summed E-state index contributed by atoms with van der Waals surface area (Å²) in [6.45, 7) is 2.51. The van der Waals surface area contributed by atoms with Crippen LogP contribution < -0.4 is 5.32 Å². The number of carboxylic acid groups (broad SMARTS) is 1. The first-order chi connectivity index (χ1) is 18.0. The van der Waals surface area contributed by atoms with Crippen molar-refractivity contribution in [3.8, 4) is 22.5 Å². The molecule has 0 bridgehead atoms. The third-order valence-corrected chi connectivity index (χ3v) is 7.24. The normalized spacial score (nSPS) is 13.8. The van der Waals surface area contributed by atoms with Crippen LogP contribution in [0.5, 0.6) is 0 Å². The standard InChI is InChI=1S/C31H30N2O4/c1-21-27(15-16-28(34)32-20-17-22-5-3-2-4-6-22)29(37-33-21)25-9-7-23(8-10-25)24-11-13-26(14-12-24)31(18-19-31)30(35)36/h2-14H,15-20H2,1H3,(H,32,34)(H,35,36). The van der Waals surface area contributed by atoms with E-state index in [2.05, 4.69) is 22.6 Å². The Morgan fingerprint density at radius 2 is 1.51 bits per heavy atom. The smallest absolute Gasteiger partial charge is 0.314 e. The molecule has 1 heterocycles. The first-order valence-electron chi connectivity index (χ1n) is 12.7. The number of aliphatic carboxylic acids is 1. The van der Waals surface area contributed by atoms with Crippen LogP contribution in [0.2, 0.25) is 0 Å². The zero-order valence-corrected chi connectivity index (χ0v) is 20.9. The van der Waals surface area contributed by atoms with Gasteiger partial charge in [0.1, 0.15) is 0 Å². The highest BCUT2D eigenvalue weighted by atomic mass is 16.5. The maximum absolute atomic E-state index is 12.4. The first-order valence-corrected chi connectivity index (χ1v) is 12.7. The van der Waals surface area contributed by atoms with Gasteiger partial charge in [0.05, 0.1) is 11.1 Å². The minimum atomic E-state index is -0.743. The van der Waals surface area contributed by atoms with Crippen LogP contribution in [0.4, 0.5) is 0 Å². The molecule has 0 radical (unpaired) electrons. The molecule has 1 aromatic heterocycles. The van der Waals surface area contributed by atoms with Gasteiger partial charge in [-0.1, -0.05) is 84.0 Å². The predicted octanol–water partition coefficient (Wildman–Crippen LogP) is 5.72. The molecular weight excluding hydrogens is 464 g/mol. The van der Waals surface area contributed by atoms with Crippen LogP contribution in [0.3, 0.4) is 0 Å². The Bertz CT molecular complexity index is 1390. The molecule has 0 aliphatic heterocycles. The van der Waals surface area contributed by atoms with E-state index >= 15 is 0 Å². The van der Waals surface area contributed by atoms with E-state index in [0.29, 0.717) is 38.0 Å². The lowest BCUT2D eigenvalue weighted by Crippen LogP contribution is -2.25. The topological polar surface area (TPSA) is 92.4 Å². The van der Waals surface area contributed by atoms with Crippen molar-refractivity contribution in [2.45, 2.75) is 44.4 Å². The van der Waals surface area contributed by atoms with Crippen molar-refractivity contribution < 1.29 is 19.2 Å². The number of aryl methyl sites for hydroxylation is 1. The van der Waals surface area contributed by atoms with Gasteiger partial charge in [0.15, 0.2) is 5.76 Å². The fourth-order valence-electron chi connectivity index (χ4n) is 4.77. The van der Waals surface area contributed by atoms with E-state index < -0.39 is 11.4 Å². The van der Waals surface area contributed by atoms with Crippen LogP contribution in [0.1, 0.15) is 41.6 Å². The molecule has 4 aromatic rings. The number of carbonyl (C=O) groups is 2. The van der Waals surface area contributed by atoms with E-state index in [4.69, 9.17) is 4.52 Å². The Labute approximate surface area is 216 Å². The largest absolute Gasteiger partial charge is 0.481 e. The molecule has 5 rings (SSSR count). The van der Waals surface area contributed by atoms with Gasteiger partial charge in [-0.3, -0.25) is 9.59 Å². The Kier molecular flexibility index (Phi) is 6.91. The minimum absolute atomic E-state index is 0.0113. The number of amides is 1. The van der Waals surface area contributed by atoms with E-state index in [1.54, 1.807) is 0 Å². The van der Waals surface area contributed by atoms with E-state index in [0.717, 1.165) is 39.9 Å². The third kappa shape index (κ3) is 5.33. The Morgan fingerprint density at radius 3 is 2.14 bits per heavy atom. The number of nitrogens with one attached hydrogen (secondary N) is 1. The van der Waals surface area contributed by atoms with Gasteiger partial charge in [0, 0.05) is 24.1 Å². The number of carbonyl (C=O) groups excluding carboxylic acids is 1. The van der Waals surface area contributed by atoms with Gasteiger partial charge in [0.2, 0.25) is 5.91 Å². The van der Waals surface area contributed by atoms with E-state index in [-0.39, 0.29) is 5.91 Å². The molecule has 3 aromatic carbocycles. The van der Waals surface area contributed by atoms with Crippen LogP contribution in [0.15, 0.2) is 83.4 Å². The first kappa shape index (κ1) is 24.5. The van der Waals surface area contributed by atoms with Crippen LogP contribution in [0, 0.1) is 6.92 Å². The highest BCUT2D eigenvalue weighted by Crippen LogP contribution is 2.48. The van der Waals surface area contributed by atoms with Crippen molar-refractivity contribution in [1.82, 2.24) is 10.5 Å². The molecule has 1 saturated carbocycles. The van der Waals surface area contributed by atoms with Crippen molar-refractivity contribution in [3.05, 3.63) is 101 Å². The van der Waals surface area contributed by atoms with Gasteiger partial charge in [-0.15, -0.1) is 0 Å². The summed E-state index contributed by atoms with van der Waals surface area (Å²) in [6, 6.07) is 25.9. The van der Waals surface area contributed by atoms with Crippen molar-refractivity contribution in [2.75, 3.05) is 6.54 Å². The average Bonchev–Trinajstić information content (AvgIpc) is 3.66. The van der Waals surface area contributed by atoms with Gasteiger partial charge < -0.3 is 14.9 Å². The molecular formula is C31H30N2O4. The lowest BCUT2D eigenvalue weighted by molar-refractivity contribution is -0.140. The summed E-state index contributed by atoms with van der Waals surface area (Å²) in [5.41, 5.74) is 6.07. The average molecular weight is 495 g/mol. The molecule has 6 nitrogen and oxygen atoms in total. The summed E-state index contributed by atoms with van der Waals surface area (Å²) in [4.78, 5) is 24.0. The van der Waals surface area contributed by atoms with Crippen molar-refractivity contribution in [2.24, 2.45) is 0 Å². The highest BCUT2D eigenvalue weighted by Gasteiger charge is 2.51. The number of benzene rings is 3. The summed E-state index contributed by atoms with van der Waals surface area (Å²) >= 11 is 0. The number of aromatic nitrogens is 1. The second-order valence-electron chi connectivity index (χ2n) is 9.70. The zero-order valence-electron chi connectivity index (χ0n) is 20.9. The van der Waals surface area contributed by atoms with Gasteiger partial charge in [-0.05, 0) is 54.9 Å². The molecule has 1 fully saturated rings. The molecule has 0 atom stereocenters. The molecule has 2 N–H and O–H groups in total. The van der Waals surface area contributed by atoms with Crippen LogP contribution in [0.25, 0.3) is 22.5 Å². The van der Waals surface area contributed by atoms with Gasteiger partial charge in [0.25, 0.3) is 0 Å². The van der Waals surface area contributed by atoms with Crippen molar-refractivity contribution in [3.63, 3.8) is 0 Å². The second-order valence-corrected chi connectivity index (χ2v) is 9.70. The van der Waals surface area contributed by atoms with Gasteiger partial charge in [-0.25, -0.2) is 0 Å². The van der Waals surface area contributed by atoms with Crippen molar-refractivity contribution in [1.29, 1.82) is 0 Å². The highest BCUT2D eigenvalue weighted by molar-refractivity contribution is 5.85. The number of carboxylic acids is 1. The van der Waals surface area contributed by atoms with E-state index in [1.165, 1.54) is 5.56 Å². The fourth-order valence-corrected chi connectivity index (χ4v) is 4.77. The predicted molar refractivity (Wildman–Crippen MR) is 142 cm³/mol. The maximum Gasteiger partial charge on any atom is 0.314 e. The number of rotatable bonds is 10. The summed E-state index contributed by atoms with van der Waals surface area (Å²) < 4.78 is 5.64. The minimum Gasteiger partial charge on any atom is -0.481 e. The molecule has 0 unspecified atom stereocenters. The molecule has 37 heavy (non-hydrogen) atoms. The molecule has 0 spiro atoms. The molecule has 0 saturated heterocycles. The van der Waals surface area contributed by atoms with Crippen LogP contribution >= 0.6 is 0 Å². The summed E-state index contributed by atoms with van der Waals surface area (Å²) in [5, 5.41) is 16.7. The van der Waals surface area contributed by atoms with Gasteiger partial charge in [-0.2, -0.15) is 0 Å². The monoisotopic (exact) mass is 494 g/mol. The van der Waals surface area contributed by atoms with E-state index in [1.807, 2.05) is 73.7 Å². The Balaban J connectivity index is 1.21. The quantitative estimate of drug-likeness (QED) is 0.294. The van der Waals surface area contributed by atoms with Gasteiger partial charge >= 0.3 is 5.97 Å². The third-order valence-electron chi connectivity index (χ3n) is 7.24. The molecule has 1 amide bonds. The Hall–Kier alpha value is -4.19. The zero-order chi connectivity index (χ0) is 25.8. The summed E-state index contributed by atoms with van der Waals surface area (Å²) in [6.07, 6.45) is 3.12. The lowest BCUT2D eigenvalue weighted by atomic mass is 9.93. The van der Waals surface area contributed by atoms with Crippen molar-refractivity contribution >= 4 is 11.9 Å². The van der Waals surface area contributed by atoms with Crippen LogP contribution in [-0.4, -0.2) is 28.7 Å².